The minimum absolute atomic E-state index is 0.349. The van der Waals surface area contributed by atoms with Crippen molar-refractivity contribution in [2.45, 2.75) is 26.7 Å². The Hall–Kier alpha value is -1.32. The van der Waals surface area contributed by atoms with E-state index in [4.69, 9.17) is 4.74 Å². The number of carbonyl (C=O) groups excluding carboxylic acids is 1. The molecule has 0 unspecified atom stereocenters. The SMILES string of the molecule is CCCOC(=O)c1cc(CC)[nH]n1. The molecule has 1 heterocycles. The summed E-state index contributed by atoms with van der Waals surface area (Å²) in [4.78, 5) is 11.2. The number of esters is 1. The maximum absolute atomic E-state index is 11.2. The molecule has 0 aliphatic heterocycles. The van der Waals surface area contributed by atoms with Gasteiger partial charge in [0.05, 0.1) is 6.61 Å². The molecule has 0 spiro atoms. The van der Waals surface area contributed by atoms with Crippen LogP contribution >= 0.6 is 0 Å². The van der Waals surface area contributed by atoms with E-state index in [1.807, 2.05) is 13.8 Å². The van der Waals surface area contributed by atoms with Gasteiger partial charge in [0.1, 0.15) is 0 Å². The number of nitrogens with one attached hydrogen (secondary N) is 1. The van der Waals surface area contributed by atoms with Gasteiger partial charge in [0, 0.05) is 5.69 Å². The number of aromatic amines is 1. The van der Waals surface area contributed by atoms with Gasteiger partial charge in [-0.25, -0.2) is 4.79 Å². The predicted octanol–water partition coefficient (Wildman–Crippen LogP) is 1.54. The summed E-state index contributed by atoms with van der Waals surface area (Å²) in [5.74, 6) is -0.349. The molecule has 72 valence electrons. The van der Waals surface area contributed by atoms with Crippen molar-refractivity contribution in [1.29, 1.82) is 0 Å². The second kappa shape index (κ2) is 4.64. The van der Waals surface area contributed by atoms with Crippen molar-refractivity contribution < 1.29 is 9.53 Å². The van der Waals surface area contributed by atoms with Crippen LogP contribution < -0.4 is 0 Å². The number of aryl methyl sites for hydroxylation is 1. The number of H-pyrrole nitrogens is 1. The Morgan fingerprint density at radius 1 is 1.62 bits per heavy atom. The first-order valence-corrected chi connectivity index (χ1v) is 4.49. The number of hydrogen-bond acceptors (Lipinski definition) is 3. The molecule has 1 N–H and O–H groups in total. The number of nitrogens with zero attached hydrogens (tertiary/aromatic N) is 1. The maximum atomic E-state index is 11.2. The van der Waals surface area contributed by atoms with Gasteiger partial charge in [-0.15, -0.1) is 0 Å². The molecule has 1 rings (SSSR count). The van der Waals surface area contributed by atoms with E-state index in [9.17, 15) is 4.79 Å². The normalized spacial score (nSPS) is 10.0. The molecule has 0 amide bonds. The Morgan fingerprint density at radius 2 is 2.38 bits per heavy atom. The summed E-state index contributed by atoms with van der Waals surface area (Å²) >= 11 is 0. The molecule has 4 heteroatoms. The quantitative estimate of drug-likeness (QED) is 0.718. The molecule has 0 aliphatic carbocycles. The fourth-order valence-electron chi connectivity index (χ4n) is 0.916. The lowest BCUT2D eigenvalue weighted by Crippen LogP contribution is -2.06. The van der Waals surface area contributed by atoms with Crippen molar-refractivity contribution >= 4 is 5.97 Å². The van der Waals surface area contributed by atoms with Crippen molar-refractivity contribution in [3.05, 3.63) is 17.5 Å². The Labute approximate surface area is 77.3 Å². The smallest absolute Gasteiger partial charge is 0.358 e. The van der Waals surface area contributed by atoms with Crippen molar-refractivity contribution in [3.63, 3.8) is 0 Å². The van der Waals surface area contributed by atoms with Crippen molar-refractivity contribution in [1.82, 2.24) is 10.2 Å². The van der Waals surface area contributed by atoms with E-state index >= 15 is 0 Å². The van der Waals surface area contributed by atoms with Gasteiger partial charge >= 0.3 is 5.97 Å². The van der Waals surface area contributed by atoms with Crippen LogP contribution in [0, 0.1) is 0 Å². The van der Waals surface area contributed by atoms with Gasteiger partial charge in [-0.2, -0.15) is 5.10 Å². The van der Waals surface area contributed by atoms with E-state index in [-0.39, 0.29) is 5.97 Å². The van der Waals surface area contributed by atoms with Crippen LogP contribution in [0.2, 0.25) is 0 Å². The first-order chi connectivity index (χ1) is 6.27. The van der Waals surface area contributed by atoms with Crippen LogP contribution in [0.1, 0.15) is 36.5 Å². The van der Waals surface area contributed by atoms with E-state index in [1.165, 1.54) is 0 Å². The Kier molecular flexibility index (Phi) is 3.49. The first-order valence-electron chi connectivity index (χ1n) is 4.49. The number of carbonyl (C=O) groups is 1. The van der Waals surface area contributed by atoms with Crippen LogP contribution in [-0.4, -0.2) is 22.8 Å². The number of rotatable bonds is 4. The number of ether oxygens (including phenoxy) is 1. The molecule has 0 aliphatic rings. The highest BCUT2D eigenvalue weighted by Gasteiger charge is 2.10. The largest absolute Gasteiger partial charge is 0.461 e. The zero-order valence-corrected chi connectivity index (χ0v) is 7.96. The summed E-state index contributed by atoms with van der Waals surface area (Å²) < 4.78 is 4.91. The van der Waals surface area contributed by atoms with E-state index in [1.54, 1.807) is 6.07 Å². The molecule has 0 radical (unpaired) electrons. The van der Waals surface area contributed by atoms with Gasteiger partial charge in [-0.1, -0.05) is 13.8 Å². The van der Waals surface area contributed by atoms with Gasteiger partial charge in [0.25, 0.3) is 0 Å². The van der Waals surface area contributed by atoms with Gasteiger partial charge in [0.15, 0.2) is 5.69 Å². The molecule has 4 nitrogen and oxygen atoms in total. The molecule has 1 aromatic rings. The highest BCUT2D eigenvalue weighted by molar-refractivity contribution is 5.87. The summed E-state index contributed by atoms with van der Waals surface area (Å²) in [5.41, 5.74) is 1.31. The fourth-order valence-corrected chi connectivity index (χ4v) is 0.916. The third-order valence-corrected chi connectivity index (χ3v) is 1.66. The third-order valence-electron chi connectivity index (χ3n) is 1.66. The fraction of sp³-hybridized carbons (Fsp3) is 0.556. The summed E-state index contributed by atoms with van der Waals surface area (Å²) in [5, 5.41) is 6.60. The van der Waals surface area contributed by atoms with Gasteiger partial charge in [-0.3, -0.25) is 5.10 Å². The summed E-state index contributed by atoms with van der Waals surface area (Å²) in [6.45, 7) is 4.40. The van der Waals surface area contributed by atoms with Crippen molar-refractivity contribution in [2.24, 2.45) is 0 Å². The highest BCUT2D eigenvalue weighted by atomic mass is 16.5. The molecule has 0 bridgehead atoms. The lowest BCUT2D eigenvalue weighted by atomic mass is 10.3. The average molecular weight is 182 g/mol. The zero-order chi connectivity index (χ0) is 9.68. The molecule has 0 saturated heterocycles. The van der Waals surface area contributed by atoms with Crippen LogP contribution in [0.15, 0.2) is 6.07 Å². The molecule has 0 aromatic carbocycles. The zero-order valence-electron chi connectivity index (χ0n) is 7.96. The maximum Gasteiger partial charge on any atom is 0.358 e. The van der Waals surface area contributed by atoms with E-state index in [2.05, 4.69) is 10.2 Å². The van der Waals surface area contributed by atoms with Crippen LogP contribution in [0.25, 0.3) is 0 Å². The van der Waals surface area contributed by atoms with E-state index in [0.717, 1.165) is 18.5 Å². The molecular formula is C9H14N2O2. The summed E-state index contributed by atoms with van der Waals surface area (Å²) in [7, 11) is 0. The van der Waals surface area contributed by atoms with Gasteiger partial charge in [0.2, 0.25) is 0 Å². The second-order valence-corrected chi connectivity index (χ2v) is 2.77. The third kappa shape index (κ3) is 2.57. The van der Waals surface area contributed by atoms with Crippen LogP contribution in [0.5, 0.6) is 0 Å². The monoisotopic (exact) mass is 182 g/mol. The molecule has 0 fully saturated rings. The second-order valence-electron chi connectivity index (χ2n) is 2.77. The minimum atomic E-state index is -0.349. The average Bonchev–Trinajstić information content (AvgIpc) is 2.62. The van der Waals surface area contributed by atoms with Gasteiger partial charge < -0.3 is 4.74 Å². The van der Waals surface area contributed by atoms with Crippen LogP contribution in [0.3, 0.4) is 0 Å². The van der Waals surface area contributed by atoms with Crippen LogP contribution in [-0.2, 0) is 11.2 Å². The Balaban J connectivity index is 2.55. The van der Waals surface area contributed by atoms with E-state index < -0.39 is 0 Å². The van der Waals surface area contributed by atoms with Crippen molar-refractivity contribution in [3.8, 4) is 0 Å². The molecule has 13 heavy (non-hydrogen) atoms. The predicted molar refractivity (Wildman–Crippen MR) is 48.5 cm³/mol. The molecule has 0 saturated carbocycles. The minimum Gasteiger partial charge on any atom is -0.461 e. The molecule has 0 atom stereocenters. The Bertz CT molecular complexity index is 281. The molecule has 1 aromatic heterocycles. The number of aromatic nitrogens is 2. The topological polar surface area (TPSA) is 55.0 Å². The van der Waals surface area contributed by atoms with E-state index in [0.29, 0.717) is 12.3 Å². The van der Waals surface area contributed by atoms with Crippen LogP contribution in [0.4, 0.5) is 0 Å². The lowest BCUT2D eigenvalue weighted by molar-refractivity contribution is 0.0498. The summed E-state index contributed by atoms with van der Waals surface area (Å²) in [6.07, 6.45) is 1.67. The van der Waals surface area contributed by atoms with Crippen molar-refractivity contribution in [2.75, 3.05) is 6.61 Å². The summed E-state index contributed by atoms with van der Waals surface area (Å²) in [6, 6.07) is 1.72. The standard InChI is InChI=1S/C9H14N2O2/c1-3-5-13-9(12)8-6-7(4-2)10-11-8/h6H,3-5H2,1-2H3,(H,10,11). The van der Waals surface area contributed by atoms with Gasteiger partial charge in [-0.05, 0) is 18.9 Å². The lowest BCUT2D eigenvalue weighted by Gasteiger charge is -1.97. The first kappa shape index (κ1) is 9.77. The number of hydrogen-bond donors (Lipinski definition) is 1. The highest BCUT2D eigenvalue weighted by Crippen LogP contribution is 2.02. The Morgan fingerprint density at radius 3 is 2.92 bits per heavy atom. The molecular weight excluding hydrogens is 168 g/mol.